The smallest absolute Gasteiger partial charge is 0.126 e. The number of aryl methyl sites for hydroxylation is 3. The first-order valence-electron chi connectivity index (χ1n) is 5.47. The van der Waals surface area contributed by atoms with Gasteiger partial charge in [0.1, 0.15) is 5.82 Å². The topological polar surface area (TPSA) is 56.7 Å². The number of hydrogen-bond donors (Lipinski definition) is 1. The molecule has 0 bridgehead atoms. The van der Waals surface area contributed by atoms with E-state index in [2.05, 4.69) is 26.0 Å². The molecule has 0 atom stereocenters. The summed E-state index contributed by atoms with van der Waals surface area (Å²) in [6.45, 7) is 1.99. The third kappa shape index (κ3) is 2.49. The minimum Gasteiger partial charge on any atom is -0.383 e. The Morgan fingerprint density at radius 3 is 2.76 bits per heavy atom. The lowest BCUT2D eigenvalue weighted by Gasteiger charge is -2.05. The summed E-state index contributed by atoms with van der Waals surface area (Å²) >= 11 is 3.56. The van der Waals surface area contributed by atoms with Crippen LogP contribution in [-0.2, 0) is 19.9 Å². The highest BCUT2D eigenvalue weighted by molar-refractivity contribution is 9.10. The average molecular weight is 295 g/mol. The van der Waals surface area contributed by atoms with Crippen LogP contribution in [0.4, 0.5) is 5.82 Å². The molecule has 2 heterocycles. The lowest BCUT2D eigenvalue weighted by molar-refractivity contribution is 0.696. The summed E-state index contributed by atoms with van der Waals surface area (Å²) in [6.07, 6.45) is 3.48. The van der Waals surface area contributed by atoms with Crippen LogP contribution in [0.3, 0.4) is 0 Å². The highest BCUT2D eigenvalue weighted by atomic mass is 79.9. The van der Waals surface area contributed by atoms with Crippen molar-refractivity contribution in [3.8, 4) is 0 Å². The summed E-state index contributed by atoms with van der Waals surface area (Å²) in [6, 6.07) is 3.93. The summed E-state index contributed by atoms with van der Waals surface area (Å²) in [5, 5.41) is 4.37. The van der Waals surface area contributed by atoms with Crippen LogP contribution in [-0.4, -0.2) is 14.8 Å². The summed E-state index contributed by atoms with van der Waals surface area (Å²) in [7, 11) is 1.96. The van der Waals surface area contributed by atoms with Gasteiger partial charge in [-0.25, -0.2) is 4.98 Å². The standard InChI is InChI=1S/C12H15BrN4/c1-8-11(13)10(17(2)16-8)6-5-9-4-3-7-15-12(9)14/h3-4,7H,5-6H2,1-2H3,(H2,14,15). The first kappa shape index (κ1) is 12.1. The molecule has 0 aliphatic heterocycles. The van der Waals surface area contributed by atoms with Crippen LogP contribution >= 0.6 is 15.9 Å². The molecule has 2 N–H and O–H groups in total. The largest absolute Gasteiger partial charge is 0.383 e. The first-order chi connectivity index (χ1) is 8.09. The highest BCUT2D eigenvalue weighted by Crippen LogP contribution is 2.22. The van der Waals surface area contributed by atoms with Gasteiger partial charge < -0.3 is 5.73 Å². The SMILES string of the molecule is Cc1nn(C)c(CCc2cccnc2N)c1Br. The van der Waals surface area contributed by atoms with Gasteiger partial charge in [0.25, 0.3) is 0 Å². The zero-order valence-electron chi connectivity index (χ0n) is 9.94. The maximum atomic E-state index is 5.82. The fourth-order valence-electron chi connectivity index (χ4n) is 1.87. The van der Waals surface area contributed by atoms with E-state index in [9.17, 15) is 0 Å². The molecule has 2 rings (SSSR count). The number of pyridine rings is 1. The molecule has 90 valence electrons. The molecule has 0 saturated carbocycles. The van der Waals surface area contributed by atoms with Crippen molar-refractivity contribution in [3.63, 3.8) is 0 Å². The van der Waals surface area contributed by atoms with E-state index in [1.54, 1.807) is 6.20 Å². The number of nitrogens with two attached hydrogens (primary N) is 1. The van der Waals surface area contributed by atoms with Crippen molar-refractivity contribution in [2.45, 2.75) is 19.8 Å². The van der Waals surface area contributed by atoms with Crippen LogP contribution in [0.2, 0.25) is 0 Å². The van der Waals surface area contributed by atoms with Crippen molar-refractivity contribution in [3.05, 3.63) is 39.8 Å². The van der Waals surface area contributed by atoms with Gasteiger partial charge in [0, 0.05) is 13.2 Å². The Balaban J connectivity index is 2.15. The second-order valence-corrected chi connectivity index (χ2v) is 4.81. The van der Waals surface area contributed by atoms with Gasteiger partial charge in [-0.15, -0.1) is 0 Å². The number of halogens is 1. The van der Waals surface area contributed by atoms with Crippen molar-refractivity contribution in [1.29, 1.82) is 0 Å². The van der Waals surface area contributed by atoms with E-state index in [0.29, 0.717) is 5.82 Å². The number of anilines is 1. The molecule has 2 aromatic rings. The van der Waals surface area contributed by atoms with Gasteiger partial charge in [-0.2, -0.15) is 5.10 Å². The van der Waals surface area contributed by atoms with Gasteiger partial charge in [0.2, 0.25) is 0 Å². The summed E-state index contributed by atoms with van der Waals surface area (Å²) < 4.78 is 2.99. The number of aromatic nitrogens is 3. The van der Waals surface area contributed by atoms with Gasteiger partial charge in [-0.05, 0) is 47.3 Å². The molecule has 0 saturated heterocycles. The fraction of sp³-hybridized carbons (Fsp3) is 0.333. The zero-order chi connectivity index (χ0) is 12.4. The van der Waals surface area contributed by atoms with Gasteiger partial charge in [-0.1, -0.05) is 6.07 Å². The predicted molar refractivity (Wildman–Crippen MR) is 71.7 cm³/mol. The molecule has 0 aliphatic rings. The lowest BCUT2D eigenvalue weighted by atomic mass is 10.1. The van der Waals surface area contributed by atoms with Gasteiger partial charge in [0.15, 0.2) is 0 Å². The van der Waals surface area contributed by atoms with E-state index in [1.807, 2.05) is 30.8 Å². The Hall–Kier alpha value is -1.36. The summed E-state index contributed by atoms with van der Waals surface area (Å²) in [5.74, 6) is 0.613. The highest BCUT2D eigenvalue weighted by Gasteiger charge is 2.11. The second kappa shape index (κ2) is 4.87. The molecule has 2 aromatic heterocycles. The summed E-state index contributed by atoms with van der Waals surface area (Å²) in [4.78, 5) is 4.09. The minimum absolute atomic E-state index is 0.613. The molecule has 0 aromatic carbocycles. The molecule has 0 spiro atoms. The summed E-state index contributed by atoms with van der Waals surface area (Å²) in [5.41, 5.74) is 9.10. The number of rotatable bonds is 3. The fourth-order valence-corrected chi connectivity index (χ4v) is 2.40. The number of hydrogen-bond acceptors (Lipinski definition) is 3. The number of nitrogen functional groups attached to an aromatic ring is 1. The Labute approximate surface area is 109 Å². The van der Waals surface area contributed by atoms with Gasteiger partial charge in [-0.3, -0.25) is 4.68 Å². The Morgan fingerprint density at radius 2 is 2.18 bits per heavy atom. The van der Waals surface area contributed by atoms with Crippen LogP contribution in [0.25, 0.3) is 0 Å². The van der Waals surface area contributed by atoms with E-state index < -0.39 is 0 Å². The van der Waals surface area contributed by atoms with Crippen molar-refractivity contribution in [2.24, 2.45) is 7.05 Å². The maximum absolute atomic E-state index is 5.82. The van der Waals surface area contributed by atoms with E-state index in [0.717, 1.165) is 28.6 Å². The lowest BCUT2D eigenvalue weighted by Crippen LogP contribution is -2.03. The predicted octanol–water partition coefficient (Wildman–Crippen LogP) is 2.25. The minimum atomic E-state index is 0.613. The van der Waals surface area contributed by atoms with Crippen molar-refractivity contribution in [2.75, 3.05) is 5.73 Å². The van der Waals surface area contributed by atoms with Gasteiger partial charge in [0.05, 0.1) is 15.9 Å². The zero-order valence-corrected chi connectivity index (χ0v) is 11.5. The van der Waals surface area contributed by atoms with Crippen LogP contribution in [0.5, 0.6) is 0 Å². The monoisotopic (exact) mass is 294 g/mol. The normalized spacial score (nSPS) is 10.8. The maximum Gasteiger partial charge on any atom is 0.126 e. The Kier molecular flexibility index (Phi) is 3.47. The van der Waals surface area contributed by atoms with Crippen LogP contribution < -0.4 is 5.73 Å². The van der Waals surface area contributed by atoms with E-state index in [4.69, 9.17) is 5.73 Å². The van der Waals surface area contributed by atoms with Crippen LogP contribution in [0, 0.1) is 6.92 Å². The second-order valence-electron chi connectivity index (χ2n) is 4.02. The van der Waals surface area contributed by atoms with E-state index >= 15 is 0 Å². The molecular weight excluding hydrogens is 280 g/mol. The molecule has 0 aliphatic carbocycles. The van der Waals surface area contributed by atoms with Crippen molar-refractivity contribution < 1.29 is 0 Å². The molecule has 17 heavy (non-hydrogen) atoms. The van der Waals surface area contributed by atoms with Gasteiger partial charge >= 0.3 is 0 Å². The molecule has 5 heteroatoms. The first-order valence-corrected chi connectivity index (χ1v) is 6.26. The molecule has 0 radical (unpaired) electrons. The third-order valence-corrected chi connectivity index (χ3v) is 3.85. The average Bonchev–Trinajstić information content (AvgIpc) is 2.53. The Bertz CT molecular complexity index is 533. The van der Waals surface area contributed by atoms with Crippen LogP contribution in [0.15, 0.2) is 22.8 Å². The van der Waals surface area contributed by atoms with Crippen molar-refractivity contribution >= 4 is 21.7 Å². The molecule has 0 fully saturated rings. The Morgan fingerprint density at radius 1 is 1.41 bits per heavy atom. The van der Waals surface area contributed by atoms with E-state index in [1.165, 1.54) is 5.69 Å². The molecule has 4 nitrogen and oxygen atoms in total. The van der Waals surface area contributed by atoms with E-state index in [-0.39, 0.29) is 0 Å². The number of nitrogens with zero attached hydrogens (tertiary/aromatic N) is 3. The van der Waals surface area contributed by atoms with Crippen LogP contribution in [0.1, 0.15) is 17.0 Å². The quantitative estimate of drug-likeness (QED) is 0.945. The molecule has 0 unspecified atom stereocenters. The third-order valence-electron chi connectivity index (χ3n) is 2.82. The van der Waals surface area contributed by atoms with Crippen molar-refractivity contribution in [1.82, 2.24) is 14.8 Å². The molecule has 0 amide bonds. The molecular formula is C12H15BrN4.